The Labute approximate surface area is 126 Å². The van der Waals surface area contributed by atoms with E-state index in [0.29, 0.717) is 19.6 Å². The quantitative estimate of drug-likeness (QED) is 0.907. The van der Waals surface area contributed by atoms with Crippen LogP contribution < -0.4 is 5.73 Å². The van der Waals surface area contributed by atoms with Crippen molar-refractivity contribution < 1.29 is 9.53 Å². The zero-order chi connectivity index (χ0) is 15.8. The van der Waals surface area contributed by atoms with E-state index in [1.54, 1.807) is 4.90 Å². The van der Waals surface area contributed by atoms with Gasteiger partial charge in [0.2, 0.25) is 0 Å². The number of hydrogen-bond acceptors (Lipinski definition) is 4. The fraction of sp³-hybridized carbons (Fsp3) is 0.733. The van der Waals surface area contributed by atoms with E-state index in [4.69, 9.17) is 10.5 Å². The van der Waals surface area contributed by atoms with Gasteiger partial charge in [0.25, 0.3) is 0 Å². The average Bonchev–Trinajstić information content (AvgIpc) is 2.92. The average molecular weight is 294 g/mol. The Morgan fingerprint density at radius 3 is 2.62 bits per heavy atom. The van der Waals surface area contributed by atoms with Crippen molar-refractivity contribution in [3.05, 3.63) is 17.0 Å². The largest absolute Gasteiger partial charge is 0.444 e. The highest BCUT2D eigenvalue weighted by atomic mass is 16.6. The van der Waals surface area contributed by atoms with Crippen molar-refractivity contribution in [2.24, 2.45) is 5.73 Å². The molecule has 0 radical (unpaired) electrons. The van der Waals surface area contributed by atoms with Crippen LogP contribution in [0.5, 0.6) is 0 Å². The van der Waals surface area contributed by atoms with E-state index in [0.717, 1.165) is 23.4 Å². The molecule has 2 N–H and O–H groups in total. The molecule has 1 aromatic heterocycles. The van der Waals surface area contributed by atoms with Crippen LogP contribution in [-0.2, 0) is 11.3 Å². The van der Waals surface area contributed by atoms with E-state index < -0.39 is 5.60 Å². The highest BCUT2D eigenvalue weighted by Crippen LogP contribution is 2.26. The van der Waals surface area contributed by atoms with E-state index in [-0.39, 0.29) is 12.1 Å². The summed E-state index contributed by atoms with van der Waals surface area (Å²) in [6.07, 6.45) is 0.649. The van der Waals surface area contributed by atoms with Crippen LogP contribution >= 0.6 is 0 Å². The zero-order valence-corrected chi connectivity index (χ0v) is 13.6. The molecule has 0 saturated carbocycles. The molecule has 1 aliphatic rings. The number of likely N-dealkylation sites (tertiary alicyclic amines) is 1. The molecule has 1 aromatic rings. The van der Waals surface area contributed by atoms with Gasteiger partial charge in [-0.3, -0.25) is 4.68 Å². The standard InChI is InChI=1S/C15H26N4O2/c1-10-13(8-16)11(2)19(17-10)12-6-7-18(9-12)14(20)21-15(3,4)5/h12H,6-9,16H2,1-5H3. The fourth-order valence-electron chi connectivity index (χ4n) is 2.78. The molecule has 0 bridgehead atoms. The smallest absolute Gasteiger partial charge is 0.410 e. The highest BCUT2D eigenvalue weighted by Gasteiger charge is 2.32. The summed E-state index contributed by atoms with van der Waals surface area (Å²) in [5.41, 5.74) is 8.50. The molecule has 21 heavy (non-hydrogen) atoms. The van der Waals surface area contributed by atoms with Crippen LogP contribution in [0.4, 0.5) is 4.79 Å². The molecule has 0 aromatic carbocycles. The van der Waals surface area contributed by atoms with Gasteiger partial charge in [-0.2, -0.15) is 5.10 Å². The normalized spacial score (nSPS) is 19.1. The summed E-state index contributed by atoms with van der Waals surface area (Å²) in [5, 5.41) is 4.59. The van der Waals surface area contributed by atoms with Crippen LogP contribution in [0.2, 0.25) is 0 Å². The van der Waals surface area contributed by atoms with Crippen molar-refractivity contribution >= 4 is 6.09 Å². The summed E-state index contributed by atoms with van der Waals surface area (Å²) in [5.74, 6) is 0. The van der Waals surface area contributed by atoms with Gasteiger partial charge in [0.15, 0.2) is 0 Å². The Bertz CT molecular complexity index is 531. The second-order valence-corrected chi connectivity index (χ2v) is 6.67. The van der Waals surface area contributed by atoms with Crippen molar-refractivity contribution in [3.8, 4) is 0 Å². The molecule has 0 aliphatic carbocycles. The molecular formula is C15H26N4O2. The van der Waals surface area contributed by atoms with Crippen LogP contribution in [0.25, 0.3) is 0 Å². The Kier molecular flexibility index (Phi) is 4.27. The van der Waals surface area contributed by atoms with Crippen LogP contribution in [-0.4, -0.2) is 39.5 Å². The monoisotopic (exact) mass is 294 g/mol. The summed E-state index contributed by atoms with van der Waals surface area (Å²) in [6, 6.07) is 0.205. The third kappa shape index (κ3) is 3.37. The van der Waals surface area contributed by atoms with Gasteiger partial charge in [0, 0.05) is 30.9 Å². The van der Waals surface area contributed by atoms with Gasteiger partial charge in [0.1, 0.15) is 5.60 Å². The number of amides is 1. The second kappa shape index (κ2) is 5.67. The van der Waals surface area contributed by atoms with Crippen LogP contribution in [0.15, 0.2) is 0 Å². The maximum atomic E-state index is 12.1. The highest BCUT2D eigenvalue weighted by molar-refractivity contribution is 5.68. The Morgan fingerprint density at radius 2 is 2.10 bits per heavy atom. The number of nitrogens with two attached hydrogens (primary N) is 1. The molecule has 1 fully saturated rings. The maximum Gasteiger partial charge on any atom is 0.410 e. The molecule has 6 nitrogen and oxygen atoms in total. The van der Waals surface area contributed by atoms with Gasteiger partial charge < -0.3 is 15.4 Å². The lowest BCUT2D eigenvalue weighted by Gasteiger charge is -2.24. The minimum absolute atomic E-state index is 0.205. The third-order valence-corrected chi connectivity index (χ3v) is 3.84. The van der Waals surface area contributed by atoms with Crippen molar-refractivity contribution in [1.82, 2.24) is 14.7 Å². The number of carbonyl (C=O) groups excluding carboxylic acids is 1. The molecular weight excluding hydrogens is 268 g/mol. The fourth-order valence-corrected chi connectivity index (χ4v) is 2.78. The number of nitrogens with zero attached hydrogens (tertiary/aromatic N) is 3. The topological polar surface area (TPSA) is 73.4 Å². The first-order chi connectivity index (χ1) is 9.73. The molecule has 6 heteroatoms. The summed E-state index contributed by atoms with van der Waals surface area (Å²) in [4.78, 5) is 13.9. The van der Waals surface area contributed by atoms with Gasteiger partial charge >= 0.3 is 6.09 Å². The van der Waals surface area contributed by atoms with Crippen molar-refractivity contribution in [3.63, 3.8) is 0 Å². The van der Waals surface area contributed by atoms with Crippen LogP contribution in [0.3, 0.4) is 0 Å². The van der Waals surface area contributed by atoms with E-state index in [1.807, 2.05) is 39.3 Å². The van der Waals surface area contributed by atoms with E-state index in [1.165, 1.54) is 0 Å². The molecule has 1 atom stereocenters. The number of hydrogen-bond donors (Lipinski definition) is 1. The van der Waals surface area contributed by atoms with Gasteiger partial charge in [-0.15, -0.1) is 0 Å². The van der Waals surface area contributed by atoms with Crippen LogP contribution in [0.1, 0.15) is 50.2 Å². The SMILES string of the molecule is Cc1nn(C2CCN(C(=O)OC(C)(C)C)C2)c(C)c1CN. The number of aromatic nitrogens is 2. The second-order valence-electron chi connectivity index (χ2n) is 6.67. The third-order valence-electron chi connectivity index (χ3n) is 3.84. The predicted octanol–water partition coefficient (Wildman–Crippen LogP) is 2.14. The lowest BCUT2D eigenvalue weighted by atomic mass is 10.2. The van der Waals surface area contributed by atoms with E-state index in [2.05, 4.69) is 5.10 Å². The number of ether oxygens (including phenoxy) is 1. The first-order valence-electron chi connectivity index (χ1n) is 7.45. The summed E-state index contributed by atoms with van der Waals surface area (Å²) in [6.45, 7) is 11.5. The summed E-state index contributed by atoms with van der Waals surface area (Å²) < 4.78 is 7.44. The van der Waals surface area contributed by atoms with Gasteiger partial charge in [-0.1, -0.05) is 0 Å². The molecule has 2 rings (SSSR count). The van der Waals surface area contributed by atoms with Crippen molar-refractivity contribution in [1.29, 1.82) is 0 Å². The van der Waals surface area contributed by atoms with Crippen LogP contribution in [0, 0.1) is 13.8 Å². The number of aryl methyl sites for hydroxylation is 1. The van der Waals surface area contributed by atoms with Gasteiger partial charge in [-0.05, 0) is 41.0 Å². The number of rotatable bonds is 2. The van der Waals surface area contributed by atoms with Crippen molar-refractivity contribution in [2.45, 2.75) is 59.2 Å². The van der Waals surface area contributed by atoms with E-state index >= 15 is 0 Å². The Balaban J connectivity index is 2.08. The van der Waals surface area contributed by atoms with Crippen molar-refractivity contribution in [2.75, 3.05) is 13.1 Å². The summed E-state index contributed by atoms with van der Waals surface area (Å²) in [7, 11) is 0. The molecule has 1 aliphatic heterocycles. The number of carbonyl (C=O) groups is 1. The first kappa shape index (κ1) is 15.8. The lowest BCUT2D eigenvalue weighted by molar-refractivity contribution is 0.0288. The molecule has 1 saturated heterocycles. The molecule has 118 valence electrons. The summed E-state index contributed by atoms with van der Waals surface area (Å²) >= 11 is 0. The molecule has 1 unspecified atom stereocenters. The molecule has 2 heterocycles. The Morgan fingerprint density at radius 1 is 1.43 bits per heavy atom. The molecule has 1 amide bonds. The lowest BCUT2D eigenvalue weighted by Crippen LogP contribution is -2.35. The predicted molar refractivity (Wildman–Crippen MR) is 81.1 cm³/mol. The maximum absolute atomic E-state index is 12.1. The van der Waals surface area contributed by atoms with E-state index in [9.17, 15) is 4.79 Å². The minimum atomic E-state index is -0.458. The molecule has 0 spiro atoms. The van der Waals surface area contributed by atoms with Gasteiger partial charge in [0.05, 0.1) is 11.7 Å². The Hall–Kier alpha value is -1.56. The van der Waals surface area contributed by atoms with Gasteiger partial charge in [-0.25, -0.2) is 4.79 Å². The zero-order valence-electron chi connectivity index (χ0n) is 13.6. The minimum Gasteiger partial charge on any atom is -0.444 e. The first-order valence-corrected chi connectivity index (χ1v) is 7.45.